The van der Waals surface area contributed by atoms with E-state index in [2.05, 4.69) is 21.2 Å². The zero-order chi connectivity index (χ0) is 13.1. The molecule has 0 saturated heterocycles. The van der Waals surface area contributed by atoms with Crippen molar-refractivity contribution in [2.24, 2.45) is 0 Å². The van der Waals surface area contributed by atoms with Gasteiger partial charge < -0.3 is 5.32 Å². The van der Waals surface area contributed by atoms with Crippen LogP contribution in [0, 0.1) is 0 Å². The van der Waals surface area contributed by atoms with Gasteiger partial charge in [0.1, 0.15) is 0 Å². The van der Waals surface area contributed by atoms with Gasteiger partial charge in [-0.15, -0.1) is 0 Å². The Bertz CT molecular complexity index is 557. The standard InChI is InChI=1S/C14H12BrCl2N/c1-18-14(10-4-2-3-5-12(10)16)11-7-6-9(15)8-13(11)17/h2-8,14,18H,1H3. The fraction of sp³-hybridized carbons (Fsp3) is 0.143. The van der Waals surface area contributed by atoms with Gasteiger partial charge in [-0.1, -0.05) is 63.4 Å². The molecule has 1 N–H and O–H groups in total. The quantitative estimate of drug-likeness (QED) is 0.820. The molecule has 0 radical (unpaired) electrons. The molecule has 18 heavy (non-hydrogen) atoms. The SMILES string of the molecule is CNC(c1ccccc1Cl)c1ccc(Br)cc1Cl. The Labute approximate surface area is 125 Å². The highest BCUT2D eigenvalue weighted by atomic mass is 79.9. The summed E-state index contributed by atoms with van der Waals surface area (Å²) in [7, 11) is 1.90. The second-order valence-electron chi connectivity index (χ2n) is 3.91. The van der Waals surface area contributed by atoms with Crippen molar-refractivity contribution in [1.82, 2.24) is 5.32 Å². The Morgan fingerprint density at radius 1 is 1.00 bits per heavy atom. The number of nitrogens with one attached hydrogen (secondary N) is 1. The van der Waals surface area contributed by atoms with E-state index in [9.17, 15) is 0 Å². The van der Waals surface area contributed by atoms with Gasteiger partial charge in [0.15, 0.2) is 0 Å². The van der Waals surface area contributed by atoms with Crippen LogP contribution in [0.15, 0.2) is 46.9 Å². The topological polar surface area (TPSA) is 12.0 Å². The summed E-state index contributed by atoms with van der Waals surface area (Å²) in [4.78, 5) is 0. The van der Waals surface area contributed by atoms with Gasteiger partial charge in [-0.25, -0.2) is 0 Å². The van der Waals surface area contributed by atoms with Crippen LogP contribution in [0.1, 0.15) is 17.2 Å². The first kappa shape index (κ1) is 13.9. The van der Waals surface area contributed by atoms with Crippen molar-refractivity contribution in [1.29, 1.82) is 0 Å². The summed E-state index contributed by atoms with van der Waals surface area (Å²) in [6.45, 7) is 0. The zero-order valence-corrected chi connectivity index (χ0v) is 12.9. The number of rotatable bonds is 3. The fourth-order valence-corrected chi connectivity index (χ4v) is 2.95. The number of hydrogen-bond donors (Lipinski definition) is 1. The molecule has 94 valence electrons. The lowest BCUT2D eigenvalue weighted by molar-refractivity contribution is 0.692. The van der Waals surface area contributed by atoms with Crippen molar-refractivity contribution in [3.8, 4) is 0 Å². The van der Waals surface area contributed by atoms with Crippen LogP contribution in [0.3, 0.4) is 0 Å². The average Bonchev–Trinajstić information content (AvgIpc) is 2.34. The maximum atomic E-state index is 6.29. The van der Waals surface area contributed by atoms with Gasteiger partial charge in [-0.2, -0.15) is 0 Å². The van der Waals surface area contributed by atoms with E-state index in [1.54, 1.807) is 0 Å². The molecule has 0 fully saturated rings. The number of hydrogen-bond acceptors (Lipinski definition) is 1. The zero-order valence-electron chi connectivity index (χ0n) is 9.75. The van der Waals surface area contributed by atoms with Gasteiger partial charge in [0.25, 0.3) is 0 Å². The fourth-order valence-electron chi connectivity index (χ4n) is 1.92. The second kappa shape index (κ2) is 6.07. The highest BCUT2D eigenvalue weighted by molar-refractivity contribution is 9.10. The molecule has 1 unspecified atom stereocenters. The van der Waals surface area contributed by atoms with Crippen molar-refractivity contribution >= 4 is 39.1 Å². The lowest BCUT2D eigenvalue weighted by Gasteiger charge is -2.19. The highest BCUT2D eigenvalue weighted by Gasteiger charge is 2.17. The highest BCUT2D eigenvalue weighted by Crippen LogP contribution is 2.33. The molecule has 4 heteroatoms. The molecule has 0 bridgehead atoms. The summed E-state index contributed by atoms with van der Waals surface area (Å²) in [6.07, 6.45) is 0. The molecule has 2 aromatic carbocycles. The summed E-state index contributed by atoms with van der Waals surface area (Å²) in [5, 5.41) is 4.70. The average molecular weight is 345 g/mol. The summed E-state index contributed by atoms with van der Waals surface area (Å²) in [6, 6.07) is 13.6. The molecule has 0 spiro atoms. The maximum Gasteiger partial charge on any atom is 0.0603 e. The molecule has 0 aromatic heterocycles. The lowest BCUT2D eigenvalue weighted by atomic mass is 9.99. The first-order valence-electron chi connectivity index (χ1n) is 5.50. The van der Waals surface area contributed by atoms with Gasteiger partial charge in [0.05, 0.1) is 6.04 Å². The molecular formula is C14H12BrCl2N. The molecule has 0 heterocycles. The van der Waals surface area contributed by atoms with Crippen molar-refractivity contribution in [3.05, 3.63) is 68.1 Å². The Kier molecular flexibility index (Phi) is 4.68. The van der Waals surface area contributed by atoms with Crippen LogP contribution < -0.4 is 5.32 Å². The van der Waals surface area contributed by atoms with E-state index in [0.717, 1.165) is 20.6 Å². The Morgan fingerprint density at radius 2 is 1.67 bits per heavy atom. The van der Waals surface area contributed by atoms with Gasteiger partial charge >= 0.3 is 0 Å². The summed E-state index contributed by atoms with van der Waals surface area (Å²) < 4.78 is 0.963. The normalized spacial score (nSPS) is 12.4. The minimum Gasteiger partial charge on any atom is -0.309 e. The molecule has 0 aliphatic carbocycles. The van der Waals surface area contributed by atoms with E-state index < -0.39 is 0 Å². The third kappa shape index (κ3) is 2.89. The third-order valence-electron chi connectivity index (χ3n) is 2.78. The maximum absolute atomic E-state index is 6.29. The predicted octanol–water partition coefficient (Wildman–Crippen LogP) is 5.06. The minimum atomic E-state index is -0.0145. The Hall–Kier alpha value is -0.540. The van der Waals surface area contributed by atoms with E-state index >= 15 is 0 Å². The van der Waals surface area contributed by atoms with Gasteiger partial charge in [0.2, 0.25) is 0 Å². The van der Waals surface area contributed by atoms with Crippen LogP contribution in [0.5, 0.6) is 0 Å². The van der Waals surface area contributed by atoms with E-state index in [1.165, 1.54) is 0 Å². The molecule has 2 rings (SSSR count). The third-order valence-corrected chi connectivity index (χ3v) is 3.94. The van der Waals surface area contributed by atoms with Crippen molar-refractivity contribution in [3.63, 3.8) is 0 Å². The van der Waals surface area contributed by atoms with E-state index in [-0.39, 0.29) is 6.04 Å². The molecule has 1 nitrogen and oxygen atoms in total. The van der Waals surface area contributed by atoms with Crippen molar-refractivity contribution in [2.45, 2.75) is 6.04 Å². The van der Waals surface area contributed by atoms with E-state index in [4.69, 9.17) is 23.2 Å². The van der Waals surface area contributed by atoms with Crippen LogP contribution >= 0.6 is 39.1 Å². The summed E-state index contributed by atoms with van der Waals surface area (Å²) in [5.74, 6) is 0. The van der Waals surface area contributed by atoms with Gasteiger partial charge in [-0.05, 0) is 36.4 Å². The molecule has 0 aliphatic heterocycles. The molecule has 0 amide bonds. The summed E-state index contributed by atoms with van der Waals surface area (Å²) >= 11 is 15.9. The molecule has 0 saturated carbocycles. The number of benzene rings is 2. The van der Waals surface area contributed by atoms with Crippen molar-refractivity contribution < 1.29 is 0 Å². The second-order valence-corrected chi connectivity index (χ2v) is 5.64. The molecular weight excluding hydrogens is 333 g/mol. The predicted molar refractivity (Wildman–Crippen MR) is 81.5 cm³/mol. The van der Waals surface area contributed by atoms with Crippen LogP contribution in [0.25, 0.3) is 0 Å². The number of halogens is 3. The lowest BCUT2D eigenvalue weighted by Crippen LogP contribution is -2.18. The van der Waals surface area contributed by atoms with Crippen LogP contribution in [-0.4, -0.2) is 7.05 Å². The summed E-state index contributed by atoms with van der Waals surface area (Å²) in [5.41, 5.74) is 2.03. The first-order valence-corrected chi connectivity index (χ1v) is 7.05. The smallest absolute Gasteiger partial charge is 0.0603 e. The van der Waals surface area contributed by atoms with E-state index in [1.807, 2.05) is 49.5 Å². The van der Waals surface area contributed by atoms with Crippen LogP contribution in [0.4, 0.5) is 0 Å². The largest absolute Gasteiger partial charge is 0.309 e. The Balaban J connectivity index is 2.49. The monoisotopic (exact) mass is 343 g/mol. The minimum absolute atomic E-state index is 0.0145. The van der Waals surface area contributed by atoms with Crippen molar-refractivity contribution in [2.75, 3.05) is 7.05 Å². The Morgan fingerprint density at radius 3 is 2.28 bits per heavy atom. The van der Waals surface area contributed by atoms with Crippen LogP contribution in [-0.2, 0) is 0 Å². The first-order chi connectivity index (χ1) is 8.63. The van der Waals surface area contributed by atoms with Gasteiger partial charge in [0, 0.05) is 14.5 Å². The molecule has 1 atom stereocenters. The molecule has 2 aromatic rings. The van der Waals surface area contributed by atoms with E-state index in [0.29, 0.717) is 5.02 Å². The molecule has 0 aliphatic rings. The van der Waals surface area contributed by atoms with Gasteiger partial charge in [-0.3, -0.25) is 0 Å². The van der Waals surface area contributed by atoms with Crippen LogP contribution in [0.2, 0.25) is 10.0 Å².